The topological polar surface area (TPSA) is 115 Å². The smallest absolute Gasteiger partial charge is 0.344 e. The Morgan fingerprint density at radius 3 is 2.89 bits per heavy atom. The number of carbonyl (C=O) groups excluding carboxylic acids is 2. The lowest BCUT2D eigenvalue weighted by molar-refractivity contribution is -0.118. The van der Waals surface area contributed by atoms with Crippen LogP contribution >= 0.6 is 0 Å². The fourth-order valence-electron chi connectivity index (χ4n) is 1.57. The van der Waals surface area contributed by atoms with Crippen molar-refractivity contribution in [1.82, 2.24) is 15.3 Å². The van der Waals surface area contributed by atoms with Crippen LogP contribution in [0.15, 0.2) is 11.3 Å². The summed E-state index contributed by atoms with van der Waals surface area (Å²) in [6.07, 6.45) is 2.62. The number of aliphatic hydroxyl groups is 1. The van der Waals surface area contributed by atoms with Crippen molar-refractivity contribution >= 4 is 18.2 Å². The molecule has 1 aromatic rings. The van der Waals surface area contributed by atoms with E-state index in [1.807, 2.05) is 0 Å². The molecule has 8 heteroatoms. The van der Waals surface area contributed by atoms with Crippen LogP contribution in [0.1, 0.15) is 16.8 Å². The van der Waals surface area contributed by atoms with Gasteiger partial charge in [0.1, 0.15) is 12.3 Å². The van der Waals surface area contributed by atoms with Crippen LogP contribution in [0.4, 0.5) is 4.79 Å². The molecule has 0 radical (unpaired) electrons. The van der Waals surface area contributed by atoms with Gasteiger partial charge < -0.3 is 10.2 Å². The van der Waals surface area contributed by atoms with Crippen LogP contribution in [0.3, 0.4) is 0 Å². The number of aryl methyl sites for hydroxylation is 1. The molecule has 8 nitrogen and oxygen atoms in total. The minimum Gasteiger partial charge on any atom is -0.505 e. The van der Waals surface area contributed by atoms with Gasteiger partial charge in [-0.1, -0.05) is 0 Å². The number of aromatic hydroxyl groups is 1. The summed E-state index contributed by atoms with van der Waals surface area (Å²) in [4.78, 5) is 26.1. The highest BCUT2D eigenvalue weighted by Gasteiger charge is 2.26. The molecule has 2 heterocycles. The molecule has 0 saturated carbocycles. The van der Waals surface area contributed by atoms with Gasteiger partial charge in [-0.3, -0.25) is 15.1 Å². The van der Waals surface area contributed by atoms with E-state index in [0.29, 0.717) is 11.3 Å². The Morgan fingerprint density at radius 1 is 1.58 bits per heavy atom. The van der Waals surface area contributed by atoms with Gasteiger partial charge in [0.2, 0.25) is 5.91 Å². The van der Waals surface area contributed by atoms with Crippen LogP contribution < -0.4 is 5.32 Å². The Bertz CT molecular complexity index is 570. The zero-order valence-corrected chi connectivity index (χ0v) is 10.1. The molecule has 100 valence electrons. The van der Waals surface area contributed by atoms with E-state index in [4.69, 9.17) is 5.11 Å². The molecule has 0 aromatic carbocycles. The minimum atomic E-state index is -0.628. The number of pyridine rings is 1. The van der Waals surface area contributed by atoms with E-state index in [0.717, 1.165) is 5.01 Å². The van der Waals surface area contributed by atoms with Crippen LogP contribution in [0.5, 0.6) is 5.75 Å². The lowest BCUT2D eigenvalue weighted by atomic mass is 10.1. The molecule has 0 atom stereocenters. The number of hydrogen-bond acceptors (Lipinski definition) is 6. The maximum Gasteiger partial charge on any atom is 0.344 e. The van der Waals surface area contributed by atoms with Crippen LogP contribution in [0.25, 0.3) is 0 Å². The zero-order valence-electron chi connectivity index (χ0n) is 10.1. The Morgan fingerprint density at radius 2 is 2.32 bits per heavy atom. The molecule has 3 N–H and O–H groups in total. The van der Waals surface area contributed by atoms with Crippen molar-refractivity contribution in [2.24, 2.45) is 5.10 Å². The van der Waals surface area contributed by atoms with Crippen LogP contribution in [0.2, 0.25) is 0 Å². The van der Waals surface area contributed by atoms with Gasteiger partial charge in [-0.25, -0.2) is 9.80 Å². The SMILES string of the molecule is Cc1ncc(CO)c(/C=N/N2CC(=O)NC2=O)c1O. The summed E-state index contributed by atoms with van der Waals surface area (Å²) in [5, 5.41) is 25.8. The van der Waals surface area contributed by atoms with E-state index in [1.165, 1.54) is 12.4 Å². The number of nitrogens with one attached hydrogen (secondary N) is 1. The maximum absolute atomic E-state index is 11.3. The van der Waals surface area contributed by atoms with Gasteiger partial charge in [-0.2, -0.15) is 5.10 Å². The highest BCUT2D eigenvalue weighted by Crippen LogP contribution is 2.22. The number of aliphatic hydroxyl groups excluding tert-OH is 1. The molecule has 19 heavy (non-hydrogen) atoms. The Balaban J connectivity index is 2.30. The average molecular weight is 264 g/mol. The molecule has 2 rings (SSSR count). The van der Waals surface area contributed by atoms with Crippen molar-refractivity contribution in [3.05, 3.63) is 23.0 Å². The average Bonchev–Trinajstić information content (AvgIpc) is 2.69. The van der Waals surface area contributed by atoms with E-state index in [-0.39, 0.29) is 24.5 Å². The van der Waals surface area contributed by atoms with Crippen molar-refractivity contribution in [2.45, 2.75) is 13.5 Å². The van der Waals surface area contributed by atoms with Gasteiger partial charge >= 0.3 is 6.03 Å². The quantitative estimate of drug-likeness (QED) is 0.501. The van der Waals surface area contributed by atoms with Gasteiger partial charge in [-0.05, 0) is 6.92 Å². The standard InChI is InChI=1S/C11H12N4O4/c1-6-10(18)8(7(5-16)2-12-6)3-13-15-4-9(17)14-11(15)19/h2-3,16,18H,4-5H2,1H3,(H,14,17,19)/b13-3+. The summed E-state index contributed by atoms with van der Waals surface area (Å²) in [6.45, 7) is 1.10. The number of imide groups is 1. The van der Waals surface area contributed by atoms with Gasteiger partial charge in [-0.15, -0.1) is 0 Å². The number of amides is 3. The van der Waals surface area contributed by atoms with E-state index in [9.17, 15) is 14.7 Å². The van der Waals surface area contributed by atoms with Crippen LogP contribution in [-0.4, -0.2) is 44.9 Å². The van der Waals surface area contributed by atoms with Crippen molar-refractivity contribution in [3.63, 3.8) is 0 Å². The minimum absolute atomic E-state index is 0.124. The summed E-state index contributed by atoms with van der Waals surface area (Å²) in [5.41, 5.74) is 1.01. The summed E-state index contributed by atoms with van der Waals surface area (Å²) in [7, 11) is 0. The van der Waals surface area contributed by atoms with Crippen molar-refractivity contribution in [3.8, 4) is 5.75 Å². The normalized spacial score (nSPS) is 15.4. The first-order valence-electron chi connectivity index (χ1n) is 5.46. The predicted octanol–water partition coefficient (Wildman–Crippen LogP) is -0.526. The fourth-order valence-corrected chi connectivity index (χ4v) is 1.57. The lowest BCUT2D eigenvalue weighted by Crippen LogP contribution is -2.24. The second-order valence-electron chi connectivity index (χ2n) is 3.94. The first-order valence-corrected chi connectivity index (χ1v) is 5.46. The maximum atomic E-state index is 11.3. The van der Waals surface area contributed by atoms with Crippen LogP contribution in [-0.2, 0) is 11.4 Å². The number of urea groups is 1. The molecule has 1 aliphatic heterocycles. The molecule has 1 saturated heterocycles. The molecule has 0 unspecified atom stereocenters. The summed E-state index contributed by atoms with van der Waals surface area (Å²) in [5.74, 6) is -0.569. The molecule has 1 fully saturated rings. The van der Waals surface area contributed by atoms with E-state index < -0.39 is 11.9 Å². The molecule has 0 bridgehead atoms. The first kappa shape index (κ1) is 13.0. The zero-order chi connectivity index (χ0) is 14.0. The van der Waals surface area contributed by atoms with E-state index in [2.05, 4.69) is 15.4 Å². The summed E-state index contributed by atoms with van der Waals surface area (Å²) < 4.78 is 0. The summed E-state index contributed by atoms with van der Waals surface area (Å²) in [6, 6.07) is -0.628. The van der Waals surface area contributed by atoms with Gasteiger partial charge in [0.05, 0.1) is 18.5 Å². The Kier molecular flexibility index (Phi) is 3.43. The monoisotopic (exact) mass is 264 g/mol. The van der Waals surface area contributed by atoms with E-state index in [1.54, 1.807) is 6.92 Å². The molecule has 1 aromatic heterocycles. The third kappa shape index (κ3) is 2.52. The Labute approximate surface area is 108 Å². The molecule has 0 aliphatic carbocycles. The fraction of sp³-hybridized carbons (Fsp3) is 0.273. The second-order valence-corrected chi connectivity index (χ2v) is 3.94. The third-order valence-electron chi connectivity index (χ3n) is 2.63. The number of hydrazone groups is 1. The van der Waals surface area contributed by atoms with Crippen molar-refractivity contribution < 1.29 is 19.8 Å². The third-order valence-corrected chi connectivity index (χ3v) is 2.63. The molecular weight excluding hydrogens is 252 g/mol. The number of rotatable bonds is 3. The molecule has 1 aliphatic rings. The largest absolute Gasteiger partial charge is 0.505 e. The van der Waals surface area contributed by atoms with Gasteiger partial charge in [0.15, 0.2) is 0 Å². The molecule has 3 amide bonds. The number of hydrogen-bond donors (Lipinski definition) is 3. The predicted molar refractivity (Wildman–Crippen MR) is 64.4 cm³/mol. The highest BCUT2D eigenvalue weighted by atomic mass is 16.3. The summed E-state index contributed by atoms with van der Waals surface area (Å²) >= 11 is 0. The van der Waals surface area contributed by atoms with E-state index >= 15 is 0 Å². The van der Waals surface area contributed by atoms with Crippen molar-refractivity contribution in [1.29, 1.82) is 0 Å². The lowest BCUT2D eigenvalue weighted by Gasteiger charge is -2.09. The Hall–Kier alpha value is -2.48. The van der Waals surface area contributed by atoms with Gasteiger partial charge in [0.25, 0.3) is 0 Å². The number of aromatic nitrogens is 1. The van der Waals surface area contributed by atoms with Gasteiger partial charge in [0, 0.05) is 17.3 Å². The number of carbonyl (C=O) groups is 2. The molecular formula is C11H12N4O4. The number of nitrogens with zero attached hydrogens (tertiary/aromatic N) is 3. The highest BCUT2D eigenvalue weighted by molar-refractivity contribution is 6.02. The molecule has 0 spiro atoms. The van der Waals surface area contributed by atoms with Crippen molar-refractivity contribution in [2.75, 3.05) is 6.54 Å². The second kappa shape index (κ2) is 5.02. The first-order chi connectivity index (χ1) is 9.02. The van der Waals surface area contributed by atoms with Crippen LogP contribution in [0, 0.1) is 6.92 Å².